The molecule has 0 heterocycles. The van der Waals surface area contributed by atoms with Gasteiger partial charge in [-0.1, -0.05) is 6.42 Å². The van der Waals surface area contributed by atoms with E-state index in [0.29, 0.717) is 6.54 Å². The smallest absolute Gasteiger partial charge is 0.0772 e. The lowest BCUT2D eigenvalue weighted by molar-refractivity contribution is -0.0119. The number of hydrogen-bond donors (Lipinski definition) is 2. The van der Waals surface area contributed by atoms with Crippen LogP contribution in [-0.4, -0.2) is 17.3 Å². The summed E-state index contributed by atoms with van der Waals surface area (Å²) < 4.78 is 0. The van der Waals surface area contributed by atoms with Crippen molar-refractivity contribution in [2.75, 3.05) is 6.54 Å². The third kappa shape index (κ3) is 1.64. The van der Waals surface area contributed by atoms with Crippen molar-refractivity contribution in [1.29, 1.82) is 0 Å². The molecule has 2 atom stereocenters. The fourth-order valence-corrected chi connectivity index (χ4v) is 2.54. The minimum Gasteiger partial charge on any atom is -0.389 e. The monoisotopic (exact) mass is 169 g/mol. The molecule has 0 radical (unpaired) electrons. The maximum atomic E-state index is 10.0. The van der Waals surface area contributed by atoms with Crippen LogP contribution in [0.3, 0.4) is 0 Å². The lowest BCUT2D eigenvalue weighted by Crippen LogP contribution is -2.42. The van der Waals surface area contributed by atoms with Crippen molar-refractivity contribution in [3.8, 4) is 0 Å². The molecule has 2 saturated carbocycles. The average Bonchev–Trinajstić information content (AvgIpc) is 2.87. The molecule has 2 heteroatoms. The highest BCUT2D eigenvalue weighted by atomic mass is 16.3. The summed E-state index contributed by atoms with van der Waals surface area (Å²) in [5, 5.41) is 10.0. The molecular formula is C10H19NO. The minimum absolute atomic E-state index is 0.455. The highest BCUT2D eigenvalue weighted by molar-refractivity contribution is 4.92. The third-order valence-electron chi connectivity index (χ3n) is 3.53. The molecule has 0 saturated heterocycles. The van der Waals surface area contributed by atoms with Crippen molar-refractivity contribution in [2.45, 2.75) is 44.1 Å². The van der Waals surface area contributed by atoms with Crippen molar-refractivity contribution >= 4 is 0 Å². The van der Waals surface area contributed by atoms with Crippen LogP contribution in [0.1, 0.15) is 38.5 Å². The summed E-state index contributed by atoms with van der Waals surface area (Å²) in [5.41, 5.74) is 5.06. The van der Waals surface area contributed by atoms with Crippen LogP contribution in [0.2, 0.25) is 0 Å². The SMILES string of the molecule is NCC1(O)CCCC(C2CC2)C1. The van der Waals surface area contributed by atoms with Gasteiger partial charge in [-0.05, 0) is 43.9 Å². The van der Waals surface area contributed by atoms with Gasteiger partial charge in [-0.3, -0.25) is 0 Å². The van der Waals surface area contributed by atoms with Crippen LogP contribution in [0.5, 0.6) is 0 Å². The largest absolute Gasteiger partial charge is 0.389 e. The Balaban J connectivity index is 1.93. The van der Waals surface area contributed by atoms with Crippen LogP contribution in [-0.2, 0) is 0 Å². The lowest BCUT2D eigenvalue weighted by atomic mass is 9.76. The molecule has 2 fully saturated rings. The Kier molecular flexibility index (Phi) is 2.13. The van der Waals surface area contributed by atoms with Crippen molar-refractivity contribution in [1.82, 2.24) is 0 Å². The maximum Gasteiger partial charge on any atom is 0.0772 e. The molecule has 2 unspecified atom stereocenters. The second kappa shape index (κ2) is 3.00. The van der Waals surface area contributed by atoms with Crippen molar-refractivity contribution in [3.63, 3.8) is 0 Å². The molecule has 0 spiro atoms. The number of nitrogens with two attached hydrogens (primary N) is 1. The van der Waals surface area contributed by atoms with Gasteiger partial charge in [-0.2, -0.15) is 0 Å². The zero-order valence-electron chi connectivity index (χ0n) is 7.63. The first-order valence-corrected chi connectivity index (χ1v) is 5.16. The summed E-state index contributed by atoms with van der Waals surface area (Å²) in [5.74, 6) is 1.72. The van der Waals surface area contributed by atoms with E-state index in [-0.39, 0.29) is 0 Å². The molecule has 3 N–H and O–H groups in total. The predicted molar refractivity (Wildman–Crippen MR) is 48.7 cm³/mol. The van der Waals surface area contributed by atoms with E-state index >= 15 is 0 Å². The molecule has 0 aromatic heterocycles. The molecule has 0 aromatic rings. The lowest BCUT2D eigenvalue weighted by Gasteiger charge is -2.36. The molecule has 0 bridgehead atoms. The Morgan fingerprint density at radius 2 is 2.00 bits per heavy atom. The van der Waals surface area contributed by atoms with Gasteiger partial charge in [-0.25, -0.2) is 0 Å². The van der Waals surface area contributed by atoms with Gasteiger partial charge < -0.3 is 10.8 Å². The quantitative estimate of drug-likeness (QED) is 0.654. The van der Waals surface area contributed by atoms with E-state index in [1.54, 1.807) is 0 Å². The fraction of sp³-hybridized carbons (Fsp3) is 1.00. The first-order valence-electron chi connectivity index (χ1n) is 5.16. The molecule has 2 rings (SSSR count). The van der Waals surface area contributed by atoms with Gasteiger partial charge >= 0.3 is 0 Å². The summed E-state index contributed by atoms with van der Waals surface area (Å²) >= 11 is 0. The molecule has 0 aliphatic heterocycles. The van der Waals surface area contributed by atoms with E-state index in [1.165, 1.54) is 25.7 Å². The summed E-state index contributed by atoms with van der Waals surface area (Å²) in [6, 6.07) is 0. The second-order valence-electron chi connectivity index (χ2n) is 4.62. The zero-order valence-corrected chi connectivity index (χ0v) is 7.63. The van der Waals surface area contributed by atoms with E-state index in [1.807, 2.05) is 0 Å². The second-order valence-corrected chi connectivity index (χ2v) is 4.62. The Hall–Kier alpha value is -0.0800. The molecule has 12 heavy (non-hydrogen) atoms. The highest BCUT2D eigenvalue weighted by Crippen LogP contribution is 2.46. The third-order valence-corrected chi connectivity index (χ3v) is 3.53. The van der Waals surface area contributed by atoms with Gasteiger partial charge in [0.05, 0.1) is 5.60 Å². The number of rotatable bonds is 2. The summed E-state index contributed by atoms with van der Waals surface area (Å²) in [6.45, 7) is 0.455. The van der Waals surface area contributed by atoms with Crippen LogP contribution in [0, 0.1) is 11.8 Å². The van der Waals surface area contributed by atoms with Crippen LogP contribution in [0.4, 0.5) is 0 Å². The van der Waals surface area contributed by atoms with E-state index in [0.717, 1.165) is 24.7 Å². The van der Waals surface area contributed by atoms with Gasteiger partial charge in [0.1, 0.15) is 0 Å². The highest BCUT2D eigenvalue weighted by Gasteiger charge is 2.40. The van der Waals surface area contributed by atoms with Crippen LogP contribution < -0.4 is 5.73 Å². The molecule has 2 aliphatic carbocycles. The van der Waals surface area contributed by atoms with Gasteiger partial charge in [0.2, 0.25) is 0 Å². The van der Waals surface area contributed by atoms with Gasteiger partial charge in [-0.15, -0.1) is 0 Å². The Bertz CT molecular complexity index is 167. The van der Waals surface area contributed by atoms with E-state index in [2.05, 4.69) is 0 Å². The summed E-state index contributed by atoms with van der Waals surface area (Å²) in [7, 11) is 0. The van der Waals surface area contributed by atoms with Crippen LogP contribution in [0.25, 0.3) is 0 Å². The fourth-order valence-electron chi connectivity index (χ4n) is 2.54. The summed E-state index contributed by atoms with van der Waals surface area (Å²) in [4.78, 5) is 0. The standard InChI is InChI=1S/C10H19NO/c11-7-10(12)5-1-2-9(6-10)8-3-4-8/h8-9,12H,1-7,11H2. The first-order chi connectivity index (χ1) is 5.73. The van der Waals surface area contributed by atoms with Crippen LogP contribution in [0.15, 0.2) is 0 Å². The van der Waals surface area contributed by atoms with Gasteiger partial charge in [0.25, 0.3) is 0 Å². The molecule has 2 nitrogen and oxygen atoms in total. The summed E-state index contributed by atoms with van der Waals surface area (Å²) in [6.07, 6.45) is 7.18. The van der Waals surface area contributed by atoms with E-state index in [9.17, 15) is 5.11 Å². The Labute approximate surface area is 74.1 Å². The van der Waals surface area contributed by atoms with Crippen LogP contribution >= 0.6 is 0 Å². The van der Waals surface area contributed by atoms with Crippen molar-refractivity contribution < 1.29 is 5.11 Å². The predicted octanol–water partition coefficient (Wildman–Crippen LogP) is 1.28. The topological polar surface area (TPSA) is 46.2 Å². The molecule has 2 aliphatic rings. The molecular weight excluding hydrogens is 150 g/mol. The zero-order chi connectivity index (χ0) is 8.60. The minimum atomic E-state index is -0.508. The van der Waals surface area contributed by atoms with Gasteiger partial charge in [0, 0.05) is 6.54 Å². The number of aliphatic hydroxyl groups is 1. The van der Waals surface area contributed by atoms with Gasteiger partial charge in [0.15, 0.2) is 0 Å². The molecule has 0 aromatic carbocycles. The maximum absolute atomic E-state index is 10.0. The Morgan fingerprint density at radius 3 is 2.58 bits per heavy atom. The molecule has 70 valence electrons. The van der Waals surface area contributed by atoms with Crippen molar-refractivity contribution in [2.24, 2.45) is 17.6 Å². The number of hydrogen-bond acceptors (Lipinski definition) is 2. The van der Waals surface area contributed by atoms with E-state index in [4.69, 9.17) is 5.73 Å². The normalized spacial score (nSPS) is 43.0. The Morgan fingerprint density at radius 1 is 1.25 bits per heavy atom. The molecule has 0 amide bonds. The van der Waals surface area contributed by atoms with Crippen molar-refractivity contribution in [3.05, 3.63) is 0 Å². The first kappa shape index (κ1) is 8.52. The average molecular weight is 169 g/mol. The van der Waals surface area contributed by atoms with E-state index < -0.39 is 5.60 Å².